The molecule has 76 valence electrons. The van der Waals surface area contributed by atoms with Crippen LogP contribution in [0.5, 0.6) is 0 Å². The summed E-state index contributed by atoms with van der Waals surface area (Å²) >= 11 is 0. The molecule has 0 bridgehead atoms. The lowest BCUT2D eigenvalue weighted by molar-refractivity contribution is 0.370. The van der Waals surface area contributed by atoms with Crippen molar-refractivity contribution in [3.63, 3.8) is 0 Å². The van der Waals surface area contributed by atoms with Crippen molar-refractivity contribution in [1.29, 1.82) is 0 Å². The van der Waals surface area contributed by atoms with E-state index in [9.17, 15) is 0 Å². The maximum absolute atomic E-state index is 4.96. The highest BCUT2D eigenvalue weighted by Crippen LogP contribution is 2.13. The molecule has 5 nitrogen and oxygen atoms in total. The first-order valence-corrected chi connectivity index (χ1v) is 4.74. The number of hydroxylamine groups is 1. The van der Waals surface area contributed by atoms with Crippen molar-refractivity contribution >= 4 is 5.82 Å². The molecule has 0 amide bonds. The molecule has 1 aromatic rings. The normalized spacial score (nSPS) is 19.4. The summed E-state index contributed by atoms with van der Waals surface area (Å²) in [7, 11) is 0. The number of aromatic nitrogens is 2. The summed E-state index contributed by atoms with van der Waals surface area (Å²) in [5, 5.41) is 0. The Labute approximate surface area is 83.1 Å². The summed E-state index contributed by atoms with van der Waals surface area (Å²) in [6.07, 6.45) is 1.75. The van der Waals surface area contributed by atoms with Gasteiger partial charge in [0.05, 0.1) is 6.54 Å². The van der Waals surface area contributed by atoms with E-state index in [1.54, 1.807) is 6.33 Å². The van der Waals surface area contributed by atoms with Crippen LogP contribution in [-0.2, 0) is 4.84 Å². The molecule has 0 saturated carbocycles. The Hall–Kier alpha value is -1.20. The maximum Gasteiger partial charge on any atom is 0.168 e. The van der Waals surface area contributed by atoms with Gasteiger partial charge in [0.25, 0.3) is 0 Å². The first-order valence-electron chi connectivity index (χ1n) is 4.74. The highest BCUT2D eigenvalue weighted by Gasteiger charge is 2.25. The van der Waals surface area contributed by atoms with Crippen molar-refractivity contribution in [2.45, 2.75) is 20.1 Å². The predicted molar refractivity (Wildman–Crippen MR) is 52.7 cm³/mol. The second-order valence-electron chi connectivity index (χ2n) is 3.28. The van der Waals surface area contributed by atoms with Gasteiger partial charge < -0.3 is 4.90 Å². The zero-order valence-electron chi connectivity index (χ0n) is 8.40. The van der Waals surface area contributed by atoms with Crippen LogP contribution in [0.4, 0.5) is 5.82 Å². The standard InChI is InChI=1S/C9H14N4O/c1-3-13(5-9-12-14-9)8-4-7(2)10-6-11-8/h4,6,9,12H,3,5H2,1-2H3. The van der Waals surface area contributed by atoms with Gasteiger partial charge in [0.15, 0.2) is 6.23 Å². The Morgan fingerprint density at radius 2 is 2.36 bits per heavy atom. The highest BCUT2D eigenvalue weighted by atomic mass is 16.8. The van der Waals surface area contributed by atoms with E-state index in [4.69, 9.17) is 4.84 Å². The number of nitrogens with one attached hydrogen (secondary N) is 1. The van der Waals surface area contributed by atoms with Crippen LogP contribution in [0.15, 0.2) is 12.4 Å². The minimum absolute atomic E-state index is 0.158. The number of aryl methyl sites for hydroxylation is 1. The molecule has 0 aromatic carbocycles. The van der Waals surface area contributed by atoms with E-state index in [0.717, 1.165) is 24.6 Å². The molecule has 1 unspecified atom stereocenters. The number of likely N-dealkylation sites (N-methyl/N-ethyl adjacent to an activating group) is 1. The summed E-state index contributed by atoms with van der Waals surface area (Å²) in [6.45, 7) is 5.80. The topological polar surface area (TPSA) is 63.5 Å². The van der Waals surface area contributed by atoms with Crippen molar-refractivity contribution in [2.75, 3.05) is 18.0 Å². The maximum atomic E-state index is 4.96. The van der Waals surface area contributed by atoms with E-state index in [0.29, 0.717) is 0 Å². The molecular formula is C9H14N4O. The molecule has 1 saturated heterocycles. The number of rotatable bonds is 4. The molecule has 14 heavy (non-hydrogen) atoms. The Balaban J connectivity index is 2.08. The minimum atomic E-state index is 0.158. The molecule has 1 atom stereocenters. The van der Waals surface area contributed by atoms with Gasteiger partial charge in [-0.05, 0) is 13.8 Å². The second kappa shape index (κ2) is 3.89. The van der Waals surface area contributed by atoms with Crippen molar-refractivity contribution in [2.24, 2.45) is 0 Å². The lowest BCUT2D eigenvalue weighted by atomic mass is 10.4. The van der Waals surface area contributed by atoms with Gasteiger partial charge in [-0.2, -0.15) is 5.48 Å². The van der Waals surface area contributed by atoms with E-state index in [1.165, 1.54) is 0 Å². The van der Waals surface area contributed by atoms with Crippen LogP contribution in [0.25, 0.3) is 0 Å². The SMILES string of the molecule is CCN(CC1NO1)c1cc(C)ncn1. The van der Waals surface area contributed by atoms with Crippen LogP contribution in [0.1, 0.15) is 12.6 Å². The average molecular weight is 194 g/mol. The third kappa shape index (κ3) is 2.18. The fraction of sp³-hybridized carbons (Fsp3) is 0.556. The summed E-state index contributed by atoms with van der Waals surface area (Å²) in [5.41, 5.74) is 3.78. The molecule has 2 heterocycles. The summed E-state index contributed by atoms with van der Waals surface area (Å²) < 4.78 is 0. The van der Waals surface area contributed by atoms with E-state index < -0.39 is 0 Å². The van der Waals surface area contributed by atoms with E-state index in [-0.39, 0.29) is 6.23 Å². The molecule has 1 fully saturated rings. The van der Waals surface area contributed by atoms with Crippen LogP contribution in [0, 0.1) is 6.92 Å². The predicted octanol–water partition coefficient (Wildman–Crippen LogP) is 0.472. The van der Waals surface area contributed by atoms with E-state index in [1.807, 2.05) is 13.0 Å². The van der Waals surface area contributed by atoms with Crippen LogP contribution < -0.4 is 10.4 Å². The van der Waals surface area contributed by atoms with Gasteiger partial charge in [0, 0.05) is 18.3 Å². The van der Waals surface area contributed by atoms with Gasteiger partial charge in [-0.1, -0.05) is 0 Å². The van der Waals surface area contributed by atoms with Gasteiger partial charge >= 0.3 is 0 Å². The molecular weight excluding hydrogens is 180 g/mol. The zero-order valence-corrected chi connectivity index (χ0v) is 8.40. The Morgan fingerprint density at radius 3 is 2.93 bits per heavy atom. The highest BCUT2D eigenvalue weighted by molar-refractivity contribution is 5.38. The summed E-state index contributed by atoms with van der Waals surface area (Å²) in [4.78, 5) is 15.4. The molecule has 1 aliphatic rings. The van der Waals surface area contributed by atoms with Crippen molar-refractivity contribution in [3.05, 3.63) is 18.1 Å². The molecule has 0 radical (unpaired) electrons. The summed E-state index contributed by atoms with van der Waals surface area (Å²) in [5.74, 6) is 0.956. The van der Waals surface area contributed by atoms with Crippen LogP contribution in [0.2, 0.25) is 0 Å². The van der Waals surface area contributed by atoms with Crippen molar-refractivity contribution < 1.29 is 4.84 Å². The fourth-order valence-corrected chi connectivity index (χ4v) is 1.32. The molecule has 0 aliphatic carbocycles. The molecule has 2 rings (SSSR count). The zero-order chi connectivity index (χ0) is 9.97. The van der Waals surface area contributed by atoms with Crippen LogP contribution in [0.3, 0.4) is 0 Å². The first-order chi connectivity index (χ1) is 6.79. The quantitative estimate of drug-likeness (QED) is 0.706. The monoisotopic (exact) mass is 194 g/mol. The Bertz CT molecular complexity index is 313. The van der Waals surface area contributed by atoms with Crippen LogP contribution in [-0.4, -0.2) is 29.3 Å². The lowest BCUT2D eigenvalue weighted by Crippen LogP contribution is -2.29. The number of hydrogen-bond acceptors (Lipinski definition) is 5. The molecule has 1 aromatic heterocycles. The smallest absolute Gasteiger partial charge is 0.168 e. The summed E-state index contributed by atoms with van der Waals surface area (Å²) in [6, 6.07) is 1.98. The fourth-order valence-electron chi connectivity index (χ4n) is 1.32. The molecule has 5 heteroatoms. The number of nitrogens with zero attached hydrogens (tertiary/aromatic N) is 3. The average Bonchev–Trinajstić information content (AvgIpc) is 2.98. The van der Waals surface area contributed by atoms with E-state index >= 15 is 0 Å². The largest absolute Gasteiger partial charge is 0.353 e. The van der Waals surface area contributed by atoms with Gasteiger partial charge in [0.1, 0.15) is 12.1 Å². The second-order valence-corrected chi connectivity index (χ2v) is 3.28. The third-order valence-electron chi connectivity index (χ3n) is 2.17. The lowest BCUT2D eigenvalue weighted by Gasteiger charge is -2.20. The Kier molecular flexibility index (Phi) is 2.60. The van der Waals surface area contributed by atoms with Gasteiger partial charge in [0.2, 0.25) is 0 Å². The van der Waals surface area contributed by atoms with Gasteiger partial charge in [-0.3, -0.25) is 4.84 Å². The minimum Gasteiger partial charge on any atom is -0.353 e. The van der Waals surface area contributed by atoms with Crippen LogP contribution >= 0.6 is 0 Å². The number of anilines is 1. The first kappa shape index (κ1) is 9.36. The molecule has 0 spiro atoms. The van der Waals surface area contributed by atoms with Crippen molar-refractivity contribution in [3.8, 4) is 0 Å². The number of hydrogen-bond donors (Lipinski definition) is 1. The van der Waals surface area contributed by atoms with Crippen molar-refractivity contribution in [1.82, 2.24) is 15.4 Å². The molecule has 1 N–H and O–H groups in total. The van der Waals surface area contributed by atoms with Gasteiger partial charge in [-0.25, -0.2) is 9.97 Å². The molecule has 1 aliphatic heterocycles. The Morgan fingerprint density at radius 1 is 1.57 bits per heavy atom. The third-order valence-corrected chi connectivity index (χ3v) is 2.17. The van der Waals surface area contributed by atoms with Gasteiger partial charge in [-0.15, -0.1) is 0 Å². The van der Waals surface area contributed by atoms with E-state index in [2.05, 4.69) is 27.3 Å².